The van der Waals surface area contributed by atoms with E-state index in [2.05, 4.69) is 116 Å². The smallest absolute Gasteiger partial charge is 0.166 e. The third kappa shape index (κ3) is 5.41. The minimum absolute atomic E-state index is 0.827. The molecule has 1 aliphatic carbocycles. The highest BCUT2D eigenvalue weighted by molar-refractivity contribution is 6.03. The summed E-state index contributed by atoms with van der Waals surface area (Å²) in [6.45, 7) is 6.06. The second-order valence-corrected chi connectivity index (χ2v) is 10.1. The lowest BCUT2D eigenvalue weighted by Crippen LogP contribution is -2.52. The predicted molar refractivity (Wildman–Crippen MR) is 153 cm³/mol. The second-order valence-electron chi connectivity index (χ2n) is 10.1. The molecule has 0 amide bonds. The molecule has 190 valence electrons. The molecule has 1 N–H and O–H groups in total. The van der Waals surface area contributed by atoms with Crippen LogP contribution in [0.2, 0.25) is 0 Å². The molecule has 0 aromatic heterocycles. The lowest BCUT2D eigenvalue weighted by Gasteiger charge is -2.37. The Morgan fingerprint density at radius 2 is 1.49 bits per heavy atom. The first-order valence-corrected chi connectivity index (χ1v) is 13.6. The summed E-state index contributed by atoms with van der Waals surface area (Å²) in [5.41, 5.74) is 9.89. The van der Waals surface area contributed by atoms with E-state index in [1.54, 1.807) is 0 Å². The van der Waals surface area contributed by atoms with Gasteiger partial charge in [0.05, 0.1) is 17.9 Å². The van der Waals surface area contributed by atoms with Crippen LogP contribution in [-0.2, 0) is 12.8 Å². The molecule has 0 saturated carbocycles. The molecule has 0 radical (unpaired) electrons. The minimum atomic E-state index is 0.827. The van der Waals surface area contributed by atoms with Crippen molar-refractivity contribution in [3.63, 3.8) is 0 Å². The van der Waals surface area contributed by atoms with Gasteiger partial charge in [0.15, 0.2) is 5.84 Å². The zero-order valence-corrected chi connectivity index (χ0v) is 21.5. The molecular weight excluding hydrogens is 456 g/mol. The zero-order chi connectivity index (χ0) is 24.9. The minimum Gasteiger partial charge on any atom is -0.297 e. The Morgan fingerprint density at radius 1 is 0.757 bits per heavy atom. The van der Waals surface area contributed by atoms with E-state index < -0.39 is 0 Å². The van der Waals surface area contributed by atoms with Crippen LogP contribution in [0.15, 0.2) is 90.0 Å². The van der Waals surface area contributed by atoms with Crippen molar-refractivity contribution in [3.8, 4) is 0 Å². The number of hydrogen-bond acceptors (Lipinski definition) is 6. The van der Waals surface area contributed by atoms with Crippen molar-refractivity contribution in [2.45, 2.75) is 25.7 Å². The van der Waals surface area contributed by atoms with E-state index in [4.69, 9.17) is 5.10 Å². The Bertz CT molecular complexity index is 1230. The van der Waals surface area contributed by atoms with Gasteiger partial charge in [-0.15, -0.1) is 5.10 Å². The van der Waals surface area contributed by atoms with Gasteiger partial charge in [-0.3, -0.25) is 9.80 Å². The highest BCUT2D eigenvalue weighted by Crippen LogP contribution is 2.34. The molecule has 2 heterocycles. The molecule has 6 nitrogen and oxygen atoms in total. The van der Waals surface area contributed by atoms with Crippen LogP contribution in [0.5, 0.6) is 0 Å². The molecule has 2 aliphatic heterocycles. The number of hydrogen-bond donors (Lipinski definition) is 1. The summed E-state index contributed by atoms with van der Waals surface area (Å²) in [4.78, 5) is 5.07. The number of amidine groups is 1. The molecule has 6 heteroatoms. The fourth-order valence-corrected chi connectivity index (χ4v) is 5.60. The summed E-state index contributed by atoms with van der Waals surface area (Å²) < 4.78 is 0. The van der Waals surface area contributed by atoms with Gasteiger partial charge in [-0.1, -0.05) is 72.8 Å². The third-order valence-electron chi connectivity index (χ3n) is 7.62. The molecular formula is C31H36N6. The quantitative estimate of drug-likeness (QED) is 0.505. The van der Waals surface area contributed by atoms with Crippen LogP contribution in [0, 0.1) is 0 Å². The first-order chi connectivity index (χ1) is 18.3. The predicted octanol–water partition coefficient (Wildman–Crippen LogP) is 4.96. The number of piperazine rings is 1. The maximum absolute atomic E-state index is 4.85. The molecule has 6 rings (SSSR count). The third-order valence-corrected chi connectivity index (χ3v) is 7.62. The molecule has 3 aromatic carbocycles. The number of benzene rings is 3. The zero-order valence-electron chi connectivity index (χ0n) is 21.5. The molecule has 3 aromatic rings. The van der Waals surface area contributed by atoms with Gasteiger partial charge < -0.3 is 0 Å². The first kappa shape index (κ1) is 23.8. The molecule has 0 bridgehead atoms. The molecule has 37 heavy (non-hydrogen) atoms. The number of nitrogens with one attached hydrogen (secondary N) is 1. The maximum atomic E-state index is 4.85. The monoisotopic (exact) mass is 492 g/mol. The summed E-state index contributed by atoms with van der Waals surface area (Å²) in [6, 6.07) is 27.8. The second kappa shape index (κ2) is 11.2. The van der Waals surface area contributed by atoms with Crippen molar-refractivity contribution >= 4 is 23.3 Å². The van der Waals surface area contributed by atoms with Crippen molar-refractivity contribution < 1.29 is 0 Å². The van der Waals surface area contributed by atoms with E-state index >= 15 is 0 Å². The molecule has 3 aliphatic rings. The summed E-state index contributed by atoms with van der Waals surface area (Å²) in [7, 11) is 0. The van der Waals surface area contributed by atoms with Crippen LogP contribution >= 0.6 is 0 Å². The van der Waals surface area contributed by atoms with Crippen molar-refractivity contribution in [2.75, 3.05) is 49.4 Å². The van der Waals surface area contributed by atoms with Crippen LogP contribution in [0.3, 0.4) is 0 Å². The number of hydrazine groups is 2. The van der Waals surface area contributed by atoms with Crippen LogP contribution in [-0.4, -0.2) is 54.9 Å². The van der Waals surface area contributed by atoms with Crippen molar-refractivity contribution in [2.24, 2.45) is 5.10 Å². The SMILES string of the molecule is C(=Cc1ccccc1)CN1CCN(CC2=NNN(c3ccccc3)N2c2cccc3c2CCCC3)CC1. The molecule has 0 spiro atoms. The number of fused-ring (bicyclic) bond motifs is 1. The average molecular weight is 493 g/mol. The molecule has 0 atom stereocenters. The number of nitrogens with zero attached hydrogens (tertiary/aromatic N) is 5. The summed E-state index contributed by atoms with van der Waals surface area (Å²) in [5.74, 6) is 1.06. The Balaban J connectivity index is 1.14. The van der Waals surface area contributed by atoms with Crippen molar-refractivity contribution in [3.05, 3.63) is 102 Å². The number of para-hydroxylation sites is 1. The van der Waals surface area contributed by atoms with Crippen LogP contribution in [0.25, 0.3) is 6.08 Å². The average Bonchev–Trinajstić information content (AvgIpc) is 3.38. The number of hydrazone groups is 1. The number of rotatable bonds is 7. The van der Waals surface area contributed by atoms with E-state index in [-0.39, 0.29) is 0 Å². The van der Waals surface area contributed by atoms with E-state index in [1.165, 1.54) is 41.6 Å². The Kier molecular flexibility index (Phi) is 7.19. The summed E-state index contributed by atoms with van der Waals surface area (Å²) >= 11 is 0. The Morgan fingerprint density at radius 3 is 2.30 bits per heavy atom. The van der Waals surface area contributed by atoms with Gasteiger partial charge in [-0.05, 0) is 60.6 Å². The van der Waals surface area contributed by atoms with Crippen LogP contribution < -0.4 is 15.7 Å². The fraction of sp³-hybridized carbons (Fsp3) is 0.323. The standard InChI is InChI=1S/C31H36N6/c1-3-11-26(12-4-1)13-10-20-34-21-23-35(24-22-34)25-31-32-33-37(28-16-5-2-6-17-28)36(31)30-19-9-15-27-14-7-8-18-29(27)30/h1-6,9-13,15-17,19,33H,7-8,14,18,20-25H2. The van der Waals surface area contributed by atoms with Gasteiger partial charge in [0.2, 0.25) is 0 Å². The highest BCUT2D eigenvalue weighted by atomic mass is 15.9. The number of aryl methyl sites for hydroxylation is 1. The topological polar surface area (TPSA) is 37.4 Å². The van der Waals surface area contributed by atoms with Crippen LogP contribution in [0.1, 0.15) is 29.5 Å². The highest BCUT2D eigenvalue weighted by Gasteiger charge is 2.32. The van der Waals surface area contributed by atoms with Crippen molar-refractivity contribution in [1.82, 2.24) is 15.3 Å². The molecule has 0 unspecified atom stereocenters. The summed E-state index contributed by atoms with van der Waals surface area (Å²) in [6.07, 6.45) is 9.35. The van der Waals surface area contributed by atoms with E-state index in [9.17, 15) is 0 Å². The largest absolute Gasteiger partial charge is 0.297 e. The lowest BCUT2D eigenvalue weighted by atomic mass is 9.90. The van der Waals surface area contributed by atoms with Crippen LogP contribution in [0.4, 0.5) is 11.4 Å². The molecule has 1 saturated heterocycles. The van der Waals surface area contributed by atoms with Crippen molar-refractivity contribution in [1.29, 1.82) is 0 Å². The maximum Gasteiger partial charge on any atom is 0.166 e. The first-order valence-electron chi connectivity index (χ1n) is 13.6. The van der Waals surface area contributed by atoms with E-state index in [1.807, 2.05) is 0 Å². The summed E-state index contributed by atoms with van der Waals surface area (Å²) in [5, 5.41) is 9.26. The molecule has 1 fully saturated rings. The van der Waals surface area contributed by atoms with Gasteiger partial charge in [-0.2, -0.15) is 10.7 Å². The Labute approximate surface area is 220 Å². The Hall–Kier alpha value is -3.61. The lowest BCUT2D eigenvalue weighted by molar-refractivity contribution is 0.157. The normalized spacial score (nSPS) is 18.6. The van der Waals surface area contributed by atoms with Gasteiger partial charge in [-0.25, -0.2) is 5.01 Å². The van der Waals surface area contributed by atoms with E-state index in [0.717, 1.165) is 57.2 Å². The fourth-order valence-electron chi connectivity index (χ4n) is 5.60. The van der Waals surface area contributed by atoms with E-state index in [0.29, 0.717) is 0 Å². The van der Waals surface area contributed by atoms with Gasteiger partial charge in [0.25, 0.3) is 0 Å². The number of anilines is 2. The van der Waals surface area contributed by atoms with Gasteiger partial charge in [0.1, 0.15) is 0 Å². The van der Waals surface area contributed by atoms with Gasteiger partial charge >= 0.3 is 0 Å². The van der Waals surface area contributed by atoms with Gasteiger partial charge in [0, 0.05) is 32.7 Å².